The van der Waals surface area contributed by atoms with Gasteiger partial charge in [0, 0.05) is 31.9 Å². The molecule has 0 aromatic carbocycles. The molecule has 104 valence electrons. The highest BCUT2D eigenvalue weighted by molar-refractivity contribution is 5.91. The molecule has 6 nitrogen and oxygen atoms in total. The molecule has 0 bridgehead atoms. The van der Waals surface area contributed by atoms with Gasteiger partial charge in [-0.25, -0.2) is 4.98 Å². The van der Waals surface area contributed by atoms with E-state index in [1.165, 1.54) is 6.20 Å². The Morgan fingerprint density at radius 1 is 1.42 bits per heavy atom. The van der Waals surface area contributed by atoms with Crippen LogP contribution in [-0.2, 0) is 4.74 Å². The van der Waals surface area contributed by atoms with Crippen molar-refractivity contribution < 1.29 is 9.53 Å². The molecule has 2 heterocycles. The number of hydrogen-bond donors (Lipinski definition) is 1. The van der Waals surface area contributed by atoms with Crippen LogP contribution in [0.1, 0.15) is 23.1 Å². The van der Waals surface area contributed by atoms with Crippen molar-refractivity contribution in [2.24, 2.45) is 0 Å². The smallest absolute Gasteiger partial charge is 0.271 e. The van der Waals surface area contributed by atoms with Gasteiger partial charge in [0.25, 0.3) is 5.91 Å². The summed E-state index contributed by atoms with van der Waals surface area (Å²) < 4.78 is 5.31. The molecular weight excluding hydrogens is 244 g/mol. The molecule has 1 aromatic rings. The van der Waals surface area contributed by atoms with Crippen LogP contribution in [0.5, 0.6) is 0 Å². The lowest BCUT2D eigenvalue weighted by molar-refractivity contribution is 0.0204. The van der Waals surface area contributed by atoms with Gasteiger partial charge in [-0.05, 0) is 13.8 Å². The van der Waals surface area contributed by atoms with Crippen molar-refractivity contribution in [1.82, 2.24) is 20.2 Å². The number of carbonyl (C=O) groups is 1. The van der Waals surface area contributed by atoms with E-state index in [1.807, 2.05) is 6.92 Å². The van der Waals surface area contributed by atoms with Gasteiger partial charge in [0.05, 0.1) is 25.1 Å². The summed E-state index contributed by atoms with van der Waals surface area (Å²) in [5, 5.41) is 2.89. The maximum atomic E-state index is 11.9. The van der Waals surface area contributed by atoms with Crippen LogP contribution in [-0.4, -0.2) is 59.7 Å². The number of rotatable bonds is 4. The van der Waals surface area contributed by atoms with Gasteiger partial charge in [-0.1, -0.05) is 0 Å². The van der Waals surface area contributed by atoms with E-state index >= 15 is 0 Å². The van der Waals surface area contributed by atoms with E-state index in [0.29, 0.717) is 18.3 Å². The predicted molar refractivity (Wildman–Crippen MR) is 71.0 cm³/mol. The summed E-state index contributed by atoms with van der Waals surface area (Å²) in [4.78, 5) is 22.3. The molecule has 1 saturated heterocycles. The minimum absolute atomic E-state index is 0.174. The zero-order chi connectivity index (χ0) is 13.7. The number of carbonyl (C=O) groups excluding carboxylic acids is 1. The van der Waals surface area contributed by atoms with Gasteiger partial charge in [0.2, 0.25) is 0 Å². The second-order valence-corrected chi connectivity index (χ2v) is 4.75. The van der Waals surface area contributed by atoms with Crippen LogP contribution < -0.4 is 5.32 Å². The Morgan fingerprint density at radius 2 is 2.16 bits per heavy atom. The first-order valence-corrected chi connectivity index (χ1v) is 6.55. The molecule has 1 atom stereocenters. The molecule has 6 heteroatoms. The van der Waals surface area contributed by atoms with E-state index in [1.54, 1.807) is 6.20 Å². The van der Waals surface area contributed by atoms with Gasteiger partial charge in [0.15, 0.2) is 0 Å². The molecule has 1 amide bonds. The molecule has 0 radical (unpaired) electrons. The molecule has 1 aliphatic heterocycles. The molecule has 1 aromatic heterocycles. The first kappa shape index (κ1) is 13.9. The second kappa shape index (κ2) is 6.58. The maximum absolute atomic E-state index is 11.9. The summed E-state index contributed by atoms with van der Waals surface area (Å²) >= 11 is 0. The first-order chi connectivity index (χ1) is 9.16. The number of amides is 1. The van der Waals surface area contributed by atoms with Crippen molar-refractivity contribution in [2.45, 2.75) is 19.9 Å². The van der Waals surface area contributed by atoms with Crippen molar-refractivity contribution >= 4 is 5.91 Å². The third-order valence-corrected chi connectivity index (χ3v) is 3.24. The number of aromatic nitrogens is 2. The number of ether oxygens (including phenoxy) is 1. The summed E-state index contributed by atoms with van der Waals surface area (Å²) in [7, 11) is 0. The SMILES string of the molecule is Cc1cnc(C(=O)NCC(C)N2CCOCC2)cn1. The normalized spacial score (nSPS) is 18.0. The molecule has 1 fully saturated rings. The molecule has 0 spiro atoms. The molecule has 1 unspecified atom stereocenters. The fourth-order valence-corrected chi connectivity index (χ4v) is 1.99. The fraction of sp³-hybridized carbons (Fsp3) is 0.615. The van der Waals surface area contributed by atoms with E-state index in [0.717, 1.165) is 32.0 Å². The van der Waals surface area contributed by atoms with Crippen LogP contribution in [0.25, 0.3) is 0 Å². The van der Waals surface area contributed by atoms with Gasteiger partial charge in [0.1, 0.15) is 5.69 Å². The largest absolute Gasteiger partial charge is 0.379 e. The van der Waals surface area contributed by atoms with Gasteiger partial charge >= 0.3 is 0 Å². The van der Waals surface area contributed by atoms with Crippen LogP contribution >= 0.6 is 0 Å². The van der Waals surface area contributed by atoms with E-state index in [4.69, 9.17) is 4.74 Å². The summed E-state index contributed by atoms with van der Waals surface area (Å²) in [5.41, 5.74) is 1.16. The van der Waals surface area contributed by atoms with Crippen LogP contribution in [0.2, 0.25) is 0 Å². The van der Waals surface area contributed by atoms with Crippen molar-refractivity contribution in [2.75, 3.05) is 32.8 Å². The number of morpholine rings is 1. The second-order valence-electron chi connectivity index (χ2n) is 4.75. The standard InChI is InChI=1S/C13H20N4O2/c1-10-7-15-12(9-14-10)13(18)16-8-11(2)17-3-5-19-6-4-17/h7,9,11H,3-6,8H2,1-2H3,(H,16,18). The topological polar surface area (TPSA) is 67.4 Å². The monoisotopic (exact) mass is 264 g/mol. The molecular formula is C13H20N4O2. The molecule has 0 saturated carbocycles. The predicted octanol–water partition coefficient (Wildman–Crippen LogP) is 0.236. The number of nitrogens with zero attached hydrogens (tertiary/aromatic N) is 3. The highest BCUT2D eigenvalue weighted by Crippen LogP contribution is 2.03. The average molecular weight is 264 g/mol. The first-order valence-electron chi connectivity index (χ1n) is 6.55. The summed E-state index contributed by atoms with van der Waals surface area (Å²) in [6.45, 7) is 7.92. The molecule has 2 rings (SSSR count). The lowest BCUT2D eigenvalue weighted by atomic mass is 10.2. The van der Waals surface area contributed by atoms with Crippen LogP contribution in [0.15, 0.2) is 12.4 Å². The minimum atomic E-state index is -0.174. The third kappa shape index (κ3) is 3.97. The Kier molecular flexibility index (Phi) is 4.81. The van der Waals surface area contributed by atoms with Crippen molar-refractivity contribution in [3.63, 3.8) is 0 Å². The van der Waals surface area contributed by atoms with Gasteiger partial charge < -0.3 is 10.1 Å². The summed E-state index contributed by atoms with van der Waals surface area (Å²) in [6.07, 6.45) is 3.10. The number of aryl methyl sites for hydroxylation is 1. The molecule has 19 heavy (non-hydrogen) atoms. The Balaban J connectivity index is 1.81. The van der Waals surface area contributed by atoms with Gasteiger partial charge in [-0.15, -0.1) is 0 Å². The average Bonchev–Trinajstić information content (AvgIpc) is 2.46. The Bertz CT molecular complexity index is 415. The van der Waals surface area contributed by atoms with Gasteiger partial charge in [-0.2, -0.15) is 0 Å². The Morgan fingerprint density at radius 3 is 2.79 bits per heavy atom. The van der Waals surface area contributed by atoms with Crippen molar-refractivity contribution in [3.8, 4) is 0 Å². The van der Waals surface area contributed by atoms with E-state index in [2.05, 4.69) is 27.1 Å². The van der Waals surface area contributed by atoms with Crippen LogP contribution in [0, 0.1) is 6.92 Å². The van der Waals surface area contributed by atoms with E-state index in [-0.39, 0.29) is 5.91 Å². The van der Waals surface area contributed by atoms with Crippen LogP contribution in [0.4, 0.5) is 0 Å². The lowest BCUT2D eigenvalue weighted by Crippen LogP contribution is -2.47. The number of hydrogen-bond acceptors (Lipinski definition) is 5. The maximum Gasteiger partial charge on any atom is 0.271 e. The third-order valence-electron chi connectivity index (χ3n) is 3.24. The highest BCUT2D eigenvalue weighted by atomic mass is 16.5. The summed E-state index contributed by atoms with van der Waals surface area (Å²) in [6, 6.07) is 0.297. The lowest BCUT2D eigenvalue weighted by Gasteiger charge is -2.32. The minimum Gasteiger partial charge on any atom is -0.379 e. The zero-order valence-corrected chi connectivity index (χ0v) is 11.4. The zero-order valence-electron chi connectivity index (χ0n) is 11.4. The molecule has 1 N–H and O–H groups in total. The van der Waals surface area contributed by atoms with Gasteiger partial charge in [-0.3, -0.25) is 14.7 Å². The summed E-state index contributed by atoms with van der Waals surface area (Å²) in [5.74, 6) is -0.174. The van der Waals surface area contributed by atoms with E-state index in [9.17, 15) is 4.79 Å². The number of nitrogens with one attached hydrogen (secondary N) is 1. The molecule has 0 aliphatic carbocycles. The molecule has 1 aliphatic rings. The van der Waals surface area contributed by atoms with Crippen LogP contribution in [0.3, 0.4) is 0 Å². The van der Waals surface area contributed by atoms with Crippen molar-refractivity contribution in [3.05, 3.63) is 23.8 Å². The Hall–Kier alpha value is -1.53. The fourth-order valence-electron chi connectivity index (χ4n) is 1.99. The quantitative estimate of drug-likeness (QED) is 0.843. The highest BCUT2D eigenvalue weighted by Gasteiger charge is 2.18. The van der Waals surface area contributed by atoms with E-state index < -0.39 is 0 Å². The Labute approximate surface area is 113 Å². The van der Waals surface area contributed by atoms with Crippen molar-refractivity contribution in [1.29, 1.82) is 0 Å².